The van der Waals surface area contributed by atoms with Crippen LogP contribution < -0.4 is 28.7 Å². The van der Waals surface area contributed by atoms with Gasteiger partial charge in [0.05, 0.1) is 28.8 Å². The van der Waals surface area contributed by atoms with Crippen molar-refractivity contribution in [3.05, 3.63) is 22.8 Å². The van der Waals surface area contributed by atoms with Gasteiger partial charge in [-0.15, -0.1) is 0 Å². The fourth-order valence-electron chi connectivity index (χ4n) is 1.01. The maximum absolute atomic E-state index is 9.35. The third-order valence-electron chi connectivity index (χ3n) is 1.93. The molecule has 0 bridgehead atoms. The molecular formula is C6H13N5O. The Morgan fingerprint density at radius 2 is 1.33 bits per heavy atom. The molecule has 1 rings (SSSR count). The molecule has 6 nitrogen and oxygen atoms in total. The summed E-state index contributed by atoms with van der Waals surface area (Å²) >= 11 is 0. The van der Waals surface area contributed by atoms with Gasteiger partial charge >= 0.3 is 0 Å². The fraction of sp³-hybridized carbons (Fsp3) is 0.333. The number of hydrogen-bond acceptors (Lipinski definition) is 6. The second kappa shape index (κ2) is 2.58. The summed E-state index contributed by atoms with van der Waals surface area (Å²) < 4.78 is 0. The normalized spacial score (nSPS) is 31.2. The van der Waals surface area contributed by atoms with Crippen LogP contribution in [0.3, 0.4) is 0 Å². The number of hydrogen-bond donors (Lipinski definition) is 6. The van der Waals surface area contributed by atoms with Crippen molar-refractivity contribution >= 4 is 0 Å². The smallest absolute Gasteiger partial charge is 0.116 e. The highest BCUT2D eigenvalue weighted by molar-refractivity contribution is 5.41. The molecule has 0 aromatic rings. The summed E-state index contributed by atoms with van der Waals surface area (Å²) in [7, 11) is 0. The zero-order chi connectivity index (χ0) is 9.46. The van der Waals surface area contributed by atoms with Crippen LogP contribution in [-0.4, -0.2) is 17.3 Å². The largest absolute Gasteiger partial charge is 0.399 e. The van der Waals surface area contributed by atoms with E-state index in [4.69, 9.17) is 28.7 Å². The van der Waals surface area contributed by atoms with Gasteiger partial charge in [0, 0.05) is 0 Å². The SMILES string of the molecule is NC1=C(N)C(N)C(O)C(N)=C1N. The lowest BCUT2D eigenvalue weighted by Crippen LogP contribution is -2.48. The first kappa shape index (κ1) is 8.69. The van der Waals surface area contributed by atoms with Crippen molar-refractivity contribution < 1.29 is 5.11 Å². The summed E-state index contributed by atoms with van der Waals surface area (Å²) in [5.41, 5.74) is 27.8. The molecule has 68 valence electrons. The van der Waals surface area contributed by atoms with Gasteiger partial charge in [-0.1, -0.05) is 0 Å². The number of rotatable bonds is 0. The first-order valence-electron chi connectivity index (χ1n) is 3.41. The van der Waals surface area contributed by atoms with Crippen LogP contribution in [0, 0.1) is 0 Å². The molecule has 0 spiro atoms. The average molecular weight is 171 g/mol. The van der Waals surface area contributed by atoms with Crippen LogP contribution in [0.15, 0.2) is 22.8 Å². The van der Waals surface area contributed by atoms with E-state index in [2.05, 4.69) is 0 Å². The van der Waals surface area contributed by atoms with Crippen molar-refractivity contribution in [2.45, 2.75) is 12.1 Å². The summed E-state index contributed by atoms with van der Waals surface area (Å²) in [4.78, 5) is 0. The third-order valence-corrected chi connectivity index (χ3v) is 1.93. The maximum atomic E-state index is 9.35. The molecule has 0 heterocycles. The number of nitrogens with two attached hydrogens (primary N) is 5. The Balaban J connectivity index is 3.18. The van der Waals surface area contributed by atoms with Gasteiger partial charge in [0.25, 0.3) is 0 Å². The summed E-state index contributed by atoms with van der Waals surface area (Å²) in [6, 6.07) is -0.766. The van der Waals surface area contributed by atoms with E-state index < -0.39 is 12.1 Å². The van der Waals surface area contributed by atoms with Gasteiger partial charge in [0.1, 0.15) is 6.10 Å². The van der Waals surface area contributed by atoms with E-state index in [0.717, 1.165) is 0 Å². The molecule has 0 aliphatic heterocycles. The Bertz CT molecular complexity index is 241. The van der Waals surface area contributed by atoms with E-state index in [1.165, 1.54) is 0 Å². The summed E-state index contributed by atoms with van der Waals surface area (Å²) in [6.07, 6.45) is -1.04. The second-order valence-electron chi connectivity index (χ2n) is 2.71. The highest BCUT2D eigenvalue weighted by Crippen LogP contribution is 2.18. The Labute approximate surface area is 69.7 Å². The van der Waals surface area contributed by atoms with Gasteiger partial charge in [-0.25, -0.2) is 0 Å². The lowest BCUT2D eigenvalue weighted by Gasteiger charge is -2.27. The Morgan fingerprint density at radius 3 is 1.83 bits per heavy atom. The van der Waals surface area contributed by atoms with Crippen molar-refractivity contribution in [2.24, 2.45) is 28.7 Å². The van der Waals surface area contributed by atoms with E-state index in [1.807, 2.05) is 0 Å². The lowest BCUT2D eigenvalue weighted by atomic mass is 9.96. The summed E-state index contributed by atoms with van der Waals surface area (Å²) in [5, 5.41) is 9.35. The number of aliphatic hydroxyl groups excluding tert-OH is 1. The monoisotopic (exact) mass is 171 g/mol. The first-order valence-corrected chi connectivity index (χ1v) is 3.41. The Morgan fingerprint density at radius 1 is 0.917 bits per heavy atom. The molecule has 12 heavy (non-hydrogen) atoms. The molecule has 0 fully saturated rings. The van der Waals surface area contributed by atoms with Crippen LogP contribution in [0.25, 0.3) is 0 Å². The van der Waals surface area contributed by atoms with Crippen LogP contribution in [0.5, 0.6) is 0 Å². The molecule has 6 heteroatoms. The van der Waals surface area contributed by atoms with Crippen LogP contribution in [-0.2, 0) is 0 Å². The highest BCUT2D eigenvalue weighted by atomic mass is 16.3. The van der Waals surface area contributed by atoms with Gasteiger partial charge in [0.15, 0.2) is 0 Å². The van der Waals surface area contributed by atoms with E-state index in [1.54, 1.807) is 0 Å². The molecule has 0 radical (unpaired) electrons. The minimum atomic E-state index is -1.04. The molecule has 2 atom stereocenters. The molecule has 0 saturated carbocycles. The van der Waals surface area contributed by atoms with Crippen LogP contribution in [0.1, 0.15) is 0 Å². The predicted octanol–water partition coefficient (Wildman–Crippen LogP) is -3.05. The Kier molecular flexibility index (Phi) is 1.87. The van der Waals surface area contributed by atoms with Gasteiger partial charge in [-0.2, -0.15) is 0 Å². The first-order chi connectivity index (χ1) is 5.46. The van der Waals surface area contributed by atoms with Gasteiger partial charge < -0.3 is 33.8 Å². The molecule has 11 N–H and O–H groups in total. The zero-order valence-corrected chi connectivity index (χ0v) is 6.49. The maximum Gasteiger partial charge on any atom is 0.116 e. The number of aliphatic hydroxyl groups is 1. The molecule has 0 aromatic carbocycles. The average Bonchev–Trinajstić information content (AvgIpc) is 2.08. The molecule has 0 amide bonds. The topological polar surface area (TPSA) is 150 Å². The molecular weight excluding hydrogens is 158 g/mol. The molecule has 1 aliphatic rings. The molecule has 0 aromatic heterocycles. The standard InChI is InChI=1S/C6H13N5O/c7-1-2(8)4(10)6(12)5(11)3(1)9/h4,6,12H,7-11H2. The van der Waals surface area contributed by atoms with Crippen LogP contribution in [0.2, 0.25) is 0 Å². The van der Waals surface area contributed by atoms with Crippen molar-refractivity contribution in [3.63, 3.8) is 0 Å². The summed E-state index contributed by atoms with van der Waals surface area (Å²) in [6.45, 7) is 0. The van der Waals surface area contributed by atoms with E-state index >= 15 is 0 Å². The van der Waals surface area contributed by atoms with Crippen molar-refractivity contribution in [1.29, 1.82) is 0 Å². The fourth-order valence-corrected chi connectivity index (χ4v) is 1.01. The van der Waals surface area contributed by atoms with Crippen LogP contribution in [0.4, 0.5) is 0 Å². The van der Waals surface area contributed by atoms with Crippen molar-refractivity contribution in [1.82, 2.24) is 0 Å². The molecule has 2 unspecified atom stereocenters. The van der Waals surface area contributed by atoms with E-state index in [0.29, 0.717) is 0 Å². The third kappa shape index (κ3) is 0.973. The molecule has 1 aliphatic carbocycles. The van der Waals surface area contributed by atoms with Crippen molar-refractivity contribution in [3.8, 4) is 0 Å². The van der Waals surface area contributed by atoms with Gasteiger partial charge in [-0.3, -0.25) is 0 Å². The second-order valence-corrected chi connectivity index (χ2v) is 2.71. The minimum absolute atomic E-state index is 0.0780. The minimum Gasteiger partial charge on any atom is -0.399 e. The van der Waals surface area contributed by atoms with Gasteiger partial charge in [-0.05, 0) is 0 Å². The van der Waals surface area contributed by atoms with Gasteiger partial charge in [0.2, 0.25) is 0 Å². The highest BCUT2D eigenvalue weighted by Gasteiger charge is 2.29. The van der Waals surface area contributed by atoms with E-state index in [9.17, 15) is 5.11 Å². The predicted molar refractivity (Wildman–Crippen MR) is 44.8 cm³/mol. The van der Waals surface area contributed by atoms with Crippen molar-refractivity contribution in [2.75, 3.05) is 0 Å². The van der Waals surface area contributed by atoms with E-state index in [-0.39, 0.29) is 22.8 Å². The quantitative estimate of drug-likeness (QED) is 0.228. The Hall–Kier alpha value is -1.40. The van der Waals surface area contributed by atoms with Crippen LogP contribution >= 0.6 is 0 Å². The summed E-state index contributed by atoms with van der Waals surface area (Å²) in [5.74, 6) is 0. The zero-order valence-electron chi connectivity index (χ0n) is 6.49. The lowest BCUT2D eigenvalue weighted by molar-refractivity contribution is 0.185. The molecule has 0 saturated heterocycles.